The number of rotatable bonds is 6. The number of para-hydroxylation sites is 1. The summed E-state index contributed by atoms with van der Waals surface area (Å²) in [7, 11) is 0. The molecule has 0 aliphatic carbocycles. The molecule has 55 heavy (non-hydrogen) atoms. The summed E-state index contributed by atoms with van der Waals surface area (Å²) in [5.41, 5.74) is 10.6. The topological polar surface area (TPSA) is 3.24 Å². The fourth-order valence-corrected chi connectivity index (χ4v) is 10.6. The van der Waals surface area contributed by atoms with Gasteiger partial charge in [0.25, 0.3) is 0 Å². The summed E-state index contributed by atoms with van der Waals surface area (Å²) in [6, 6.07) is 73.5. The molecule has 2 aromatic heterocycles. The Balaban J connectivity index is 1.11. The minimum absolute atomic E-state index is 1.11. The molecule has 0 spiro atoms. The van der Waals surface area contributed by atoms with Gasteiger partial charge in [-0.1, -0.05) is 146 Å². The molecule has 0 saturated heterocycles. The van der Waals surface area contributed by atoms with E-state index < -0.39 is 0 Å². The molecule has 0 aliphatic rings. The lowest BCUT2D eigenvalue weighted by molar-refractivity contribution is 1.28. The minimum Gasteiger partial charge on any atom is -0.310 e. The van der Waals surface area contributed by atoms with Gasteiger partial charge in [0.15, 0.2) is 0 Å². The fourth-order valence-electron chi connectivity index (χ4n) is 8.21. The van der Waals surface area contributed by atoms with E-state index in [-0.39, 0.29) is 0 Å². The highest BCUT2D eigenvalue weighted by molar-refractivity contribution is 7.26. The Kier molecular flexibility index (Phi) is 7.61. The van der Waals surface area contributed by atoms with Crippen LogP contribution in [0, 0.1) is 0 Å². The van der Waals surface area contributed by atoms with E-state index in [1.165, 1.54) is 84.5 Å². The average Bonchev–Trinajstić information content (AvgIpc) is 3.82. The van der Waals surface area contributed by atoms with Gasteiger partial charge in [-0.05, 0) is 87.6 Å². The number of anilines is 3. The van der Waals surface area contributed by atoms with Gasteiger partial charge in [0.1, 0.15) is 0 Å². The highest BCUT2D eigenvalue weighted by atomic mass is 32.1. The van der Waals surface area contributed by atoms with Crippen LogP contribution in [0.15, 0.2) is 200 Å². The van der Waals surface area contributed by atoms with E-state index in [9.17, 15) is 0 Å². The van der Waals surface area contributed by atoms with Crippen LogP contribution in [-0.2, 0) is 0 Å². The molecule has 0 unspecified atom stereocenters. The Labute approximate surface area is 327 Å². The van der Waals surface area contributed by atoms with Crippen molar-refractivity contribution >= 4 is 90.9 Å². The van der Waals surface area contributed by atoms with Crippen molar-refractivity contribution in [3.8, 4) is 33.4 Å². The first-order chi connectivity index (χ1) is 27.2. The largest absolute Gasteiger partial charge is 0.310 e. The summed E-state index contributed by atoms with van der Waals surface area (Å²) in [5, 5.41) is 7.75. The zero-order chi connectivity index (χ0) is 36.3. The van der Waals surface area contributed by atoms with E-state index in [2.05, 4.69) is 205 Å². The van der Waals surface area contributed by atoms with Gasteiger partial charge >= 0.3 is 0 Å². The quantitative estimate of drug-likeness (QED) is 0.164. The Morgan fingerprint density at radius 3 is 1.65 bits per heavy atom. The molecule has 11 rings (SSSR count). The highest BCUT2D eigenvalue weighted by Gasteiger charge is 2.21. The molecule has 2 heterocycles. The van der Waals surface area contributed by atoms with Crippen molar-refractivity contribution < 1.29 is 0 Å². The van der Waals surface area contributed by atoms with Crippen molar-refractivity contribution in [3.05, 3.63) is 200 Å². The smallest absolute Gasteiger partial charge is 0.0540 e. The number of benzene rings is 9. The SMILES string of the molecule is c1cc(-c2ccc3ccccc3c2)cc(N(c2cccc(-c3ccc4c(c3)sc3ccccc34)c2)c2ccccc2-c2cccc3c2sc2ccccc23)c1. The molecular weight excluding hydrogens is 703 g/mol. The van der Waals surface area contributed by atoms with Gasteiger partial charge in [-0.3, -0.25) is 0 Å². The van der Waals surface area contributed by atoms with Crippen molar-refractivity contribution in [1.82, 2.24) is 0 Å². The third-order valence-corrected chi connectivity index (χ3v) is 13.2. The monoisotopic (exact) mass is 735 g/mol. The molecular formula is C52H33NS2. The third kappa shape index (κ3) is 5.51. The van der Waals surface area contributed by atoms with Crippen molar-refractivity contribution in [2.24, 2.45) is 0 Å². The molecule has 0 bridgehead atoms. The molecule has 0 saturated carbocycles. The predicted octanol–water partition coefficient (Wildman–Crippen LogP) is 16.0. The van der Waals surface area contributed by atoms with Crippen LogP contribution in [0.2, 0.25) is 0 Å². The summed E-state index contributed by atoms with van der Waals surface area (Å²) in [4.78, 5) is 2.45. The Hall–Kier alpha value is -6.52. The van der Waals surface area contributed by atoms with E-state index in [0.29, 0.717) is 0 Å². The van der Waals surface area contributed by atoms with Crippen molar-refractivity contribution in [1.29, 1.82) is 0 Å². The summed E-state index contributed by atoms with van der Waals surface area (Å²) < 4.78 is 5.26. The normalized spacial score (nSPS) is 11.6. The van der Waals surface area contributed by atoms with Gasteiger partial charge in [-0.15, -0.1) is 22.7 Å². The van der Waals surface area contributed by atoms with E-state index in [1.807, 2.05) is 22.7 Å². The van der Waals surface area contributed by atoms with Gasteiger partial charge in [-0.25, -0.2) is 0 Å². The Morgan fingerprint density at radius 2 is 0.855 bits per heavy atom. The Morgan fingerprint density at radius 1 is 0.309 bits per heavy atom. The molecule has 11 aromatic rings. The maximum Gasteiger partial charge on any atom is 0.0540 e. The van der Waals surface area contributed by atoms with Gasteiger partial charge < -0.3 is 4.90 Å². The van der Waals surface area contributed by atoms with Crippen LogP contribution < -0.4 is 4.90 Å². The van der Waals surface area contributed by atoms with Gasteiger partial charge in [0, 0.05) is 62.8 Å². The molecule has 0 N–H and O–H groups in total. The summed E-state index contributed by atoms with van der Waals surface area (Å²) in [6.45, 7) is 0. The standard InChI is InChI=1S/C52H33NS2/c1-2-13-35-30-38(27-26-34(35)12-1)36-14-9-16-40(31-36)53(41-17-10-15-37(32-41)39-28-29-45-43-19-4-7-24-49(43)54-51(45)33-39)48-23-6-3-18-42(48)46-21-11-22-47-44-20-5-8-25-50(44)55-52(46)47/h1-33H. The van der Waals surface area contributed by atoms with E-state index >= 15 is 0 Å². The maximum atomic E-state index is 2.45. The molecule has 258 valence electrons. The maximum absolute atomic E-state index is 2.45. The summed E-state index contributed by atoms with van der Waals surface area (Å²) >= 11 is 3.75. The lowest BCUT2D eigenvalue weighted by Gasteiger charge is -2.29. The average molecular weight is 736 g/mol. The molecule has 0 radical (unpaired) electrons. The van der Waals surface area contributed by atoms with E-state index in [1.54, 1.807) is 0 Å². The van der Waals surface area contributed by atoms with Crippen LogP contribution in [0.25, 0.3) is 84.5 Å². The number of fused-ring (bicyclic) bond motifs is 7. The molecule has 0 fully saturated rings. The molecule has 3 heteroatoms. The summed E-state index contributed by atoms with van der Waals surface area (Å²) in [5.74, 6) is 0. The number of thiophene rings is 2. The van der Waals surface area contributed by atoms with Crippen molar-refractivity contribution in [2.45, 2.75) is 0 Å². The lowest BCUT2D eigenvalue weighted by Crippen LogP contribution is -2.11. The summed E-state index contributed by atoms with van der Waals surface area (Å²) in [6.07, 6.45) is 0. The van der Waals surface area contributed by atoms with E-state index in [4.69, 9.17) is 0 Å². The van der Waals surface area contributed by atoms with Crippen molar-refractivity contribution in [3.63, 3.8) is 0 Å². The van der Waals surface area contributed by atoms with Gasteiger partial charge in [0.2, 0.25) is 0 Å². The van der Waals surface area contributed by atoms with Gasteiger partial charge in [-0.2, -0.15) is 0 Å². The van der Waals surface area contributed by atoms with Crippen molar-refractivity contribution in [2.75, 3.05) is 4.90 Å². The van der Waals surface area contributed by atoms with Crippen LogP contribution in [0.5, 0.6) is 0 Å². The zero-order valence-corrected chi connectivity index (χ0v) is 31.4. The molecule has 9 aromatic carbocycles. The fraction of sp³-hybridized carbons (Fsp3) is 0. The number of hydrogen-bond donors (Lipinski definition) is 0. The van der Waals surface area contributed by atoms with Gasteiger partial charge in [0.05, 0.1) is 5.69 Å². The van der Waals surface area contributed by atoms with Crippen LogP contribution in [0.3, 0.4) is 0 Å². The second-order valence-electron chi connectivity index (χ2n) is 14.1. The Bertz CT molecular complexity index is 3240. The second-order valence-corrected chi connectivity index (χ2v) is 16.2. The third-order valence-electron chi connectivity index (χ3n) is 10.8. The number of hydrogen-bond acceptors (Lipinski definition) is 3. The first-order valence-corrected chi connectivity index (χ1v) is 20.3. The first kappa shape index (κ1) is 32.0. The molecule has 0 amide bonds. The zero-order valence-electron chi connectivity index (χ0n) is 29.8. The minimum atomic E-state index is 1.11. The highest BCUT2D eigenvalue weighted by Crippen LogP contribution is 2.47. The van der Waals surface area contributed by atoms with Crippen LogP contribution in [-0.4, -0.2) is 0 Å². The van der Waals surface area contributed by atoms with Crippen LogP contribution >= 0.6 is 22.7 Å². The molecule has 0 atom stereocenters. The molecule has 1 nitrogen and oxygen atoms in total. The first-order valence-electron chi connectivity index (χ1n) is 18.7. The second kappa shape index (κ2) is 13.1. The molecule has 0 aliphatic heterocycles. The lowest BCUT2D eigenvalue weighted by atomic mass is 9.98. The predicted molar refractivity (Wildman–Crippen MR) is 241 cm³/mol. The van der Waals surface area contributed by atoms with Crippen LogP contribution in [0.4, 0.5) is 17.1 Å². The van der Waals surface area contributed by atoms with Crippen LogP contribution in [0.1, 0.15) is 0 Å². The van der Waals surface area contributed by atoms with E-state index in [0.717, 1.165) is 17.1 Å². The number of nitrogens with zero attached hydrogens (tertiary/aromatic N) is 1.